The predicted molar refractivity (Wildman–Crippen MR) is 69.8 cm³/mol. The molecule has 1 saturated heterocycles. The van der Waals surface area contributed by atoms with Gasteiger partial charge in [-0.1, -0.05) is 23.8 Å². The maximum atomic E-state index is 11.0. The number of amides is 1. The maximum absolute atomic E-state index is 11.0. The highest BCUT2D eigenvalue weighted by molar-refractivity contribution is 8.19. The van der Waals surface area contributed by atoms with Gasteiger partial charge in [0.1, 0.15) is 10.7 Å². The number of benzene rings is 1. The second-order valence-electron chi connectivity index (χ2n) is 3.06. The molecule has 1 aromatic carbocycles. The van der Waals surface area contributed by atoms with Gasteiger partial charge in [-0.15, -0.1) is 0 Å². The molecule has 1 aliphatic heterocycles. The molecule has 16 heavy (non-hydrogen) atoms. The van der Waals surface area contributed by atoms with Crippen molar-refractivity contribution in [3.05, 3.63) is 33.7 Å². The lowest BCUT2D eigenvalue weighted by molar-refractivity contribution is 0.265. The molecule has 2 N–H and O–H groups in total. The van der Waals surface area contributed by atoms with Crippen LogP contribution in [0.25, 0.3) is 6.08 Å². The second kappa shape index (κ2) is 4.45. The summed E-state index contributed by atoms with van der Waals surface area (Å²) in [6.45, 7) is 0. The Bertz CT molecular complexity index is 514. The van der Waals surface area contributed by atoms with Gasteiger partial charge in [-0.05, 0) is 36.0 Å². The summed E-state index contributed by atoms with van der Waals surface area (Å²) >= 11 is 11.8. The summed E-state index contributed by atoms with van der Waals surface area (Å²) in [7, 11) is 0. The van der Waals surface area contributed by atoms with Gasteiger partial charge in [0, 0.05) is 10.6 Å². The number of aromatic hydroxyl groups is 1. The highest BCUT2D eigenvalue weighted by Gasteiger charge is 2.21. The van der Waals surface area contributed by atoms with Gasteiger partial charge in [-0.25, -0.2) is 0 Å². The van der Waals surface area contributed by atoms with Crippen molar-refractivity contribution in [2.24, 2.45) is 0 Å². The van der Waals surface area contributed by atoms with Crippen molar-refractivity contribution in [2.75, 3.05) is 0 Å². The van der Waals surface area contributed by atoms with E-state index in [1.807, 2.05) is 0 Å². The van der Waals surface area contributed by atoms with Gasteiger partial charge in [0.25, 0.3) is 5.24 Å². The first-order chi connectivity index (χ1) is 7.56. The average Bonchev–Trinajstić information content (AvgIpc) is 2.51. The Morgan fingerprint density at radius 3 is 2.88 bits per heavy atom. The molecule has 2 rings (SSSR count). The van der Waals surface area contributed by atoms with Crippen LogP contribution in [-0.4, -0.2) is 15.3 Å². The number of thioether (sulfide) groups is 1. The van der Waals surface area contributed by atoms with Crippen LogP contribution in [0.2, 0.25) is 5.02 Å². The van der Waals surface area contributed by atoms with E-state index in [0.717, 1.165) is 11.8 Å². The summed E-state index contributed by atoms with van der Waals surface area (Å²) in [6.07, 6.45) is 1.63. The summed E-state index contributed by atoms with van der Waals surface area (Å²) in [5.74, 6) is 0.0969. The first-order valence-electron chi connectivity index (χ1n) is 4.29. The third-order valence-corrected chi connectivity index (χ3v) is 3.43. The Labute approximate surface area is 106 Å². The van der Waals surface area contributed by atoms with Gasteiger partial charge >= 0.3 is 0 Å². The highest BCUT2D eigenvalue weighted by Crippen LogP contribution is 2.30. The third kappa shape index (κ3) is 2.37. The fourth-order valence-corrected chi connectivity index (χ4v) is 2.41. The largest absolute Gasteiger partial charge is 0.507 e. The zero-order valence-electron chi connectivity index (χ0n) is 7.86. The average molecular weight is 272 g/mol. The maximum Gasteiger partial charge on any atom is 0.289 e. The van der Waals surface area contributed by atoms with Gasteiger partial charge in [0.15, 0.2) is 0 Å². The van der Waals surface area contributed by atoms with Crippen LogP contribution in [0.1, 0.15) is 5.56 Å². The number of carbonyl (C=O) groups excluding carboxylic acids is 1. The Balaban J connectivity index is 2.39. The smallest absolute Gasteiger partial charge is 0.289 e. The molecule has 0 saturated carbocycles. The summed E-state index contributed by atoms with van der Waals surface area (Å²) in [4.78, 5) is 12.0. The molecule has 0 atom stereocenters. The van der Waals surface area contributed by atoms with Crippen molar-refractivity contribution in [3.63, 3.8) is 0 Å². The van der Waals surface area contributed by atoms with Crippen LogP contribution in [0.5, 0.6) is 5.75 Å². The van der Waals surface area contributed by atoms with Crippen molar-refractivity contribution >= 4 is 51.9 Å². The zero-order valence-corrected chi connectivity index (χ0v) is 10.2. The predicted octanol–water partition coefficient (Wildman–Crippen LogP) is 3.17. The number of nitrogens with one attached hydrogen (secondary N) is 1. The number of carbonyl (C=O) groups is 1. The monoisotopic (exact) mass is 271 g/mol. The van der Waals surface area contributed by atoms with Gasteiger partial charge in [0.05, 0.1) is 4.91 Å². The number of thiocarbonyl (C=S) groups is 1. The van der Waals surface area contributed by atoms with E-state index in [9.17, 15) is 9.90 Å². The van der Waals surface area contributed by atoms with Crippen LogP contribution < -0.4 is 5.32 Å². The van der Waals surface area contributed by atoms with Crippen molar-refractivity contribution in [2.45, 2.75) is 0 Å². The van der Waals surface area contributed by atoms with E-state index in [-0.39, 0.29) is 11.0 Å². The van der Waals surface area contributed by atoms with E-state index in [4.69, 9.17) is 23.8 Å². The first kappa shape index (κ1) is 11.4. The number of phenolic OH excluding ortho intramolecular Hbond substituents is 1. The van der Waals surface area contributed by atoms with Gasteiger partial charge in [-0.3, -0.25) is 4.79 Å². The number of phenols is 1. The van der Waals surface area contributed by atoms with Crippen LogP contribution in [0, 0.1) is 0 Å². The molecule has 1 heterocycles. The van der Waals surface area contributed by atoms with Crippen molar-refractivity contribution < 1.29 is 9.90 Å². The van der Waals surface area contributed by atoms with Crippen LogP contribution in [0.3, 0.4) is 0 Å². The minimum atomic E-state index is -0.210. The minimum Gasteiger partial charge on any atom is -0.507 e. The van der Waals surface area contributed by atoms with Crippen LogP contribution in [-0.2, 0) is 0 Å². The van der Waals surface area contributed by atoms with Crippen LogP contribution in [0.15, 0.2) is 23.1 Å². The zero-order chi connectivity index (χ0) is 11.7. The normalized spacial score (nSPS) is 17.9. The minimum absolute atomic E-state index is 0.0969. The molecule has 0 unspecified atom stereocenters. The summed E-state index contributed by atoms with van der Waals surface area (Å²) < 4.78 is 0. The number of rotatable bonds is 1. The Hall–Kier alpha value is -1.04. The van der Waals surface area contributed by atoms with Crippen molar-refractivity contribution in [1.82, 2.24) is 5.32 Å². The van der Waals surface area contributed by atoms with E-state index < -0.39 is 0 Å². The van der Waals surface area contributed by atoms with Gasteiger partial charge < -0.3 is 10.4 Å². The van der Waals surface area contributed by atoms with Gasteiger partial charge in [0.2, 0.25) is 0 Å². The van der Waals surface area contributed by atoms with Crippen LogP contribution in [0.4, 0.5) is 4.79 Å². The SMILES string of the molecule is O=C1NC(=S)/C(=C/c2cc(Cl)ccc2O)S1. The fourth-order valence-electron chi connectivity index (χ4n) is 1.20. The molecule has 1 amide bonds. The topological polar surface area (TPSA) is 49.3 Å². The standard InChI is InChI=1S/C10H6ClNO2S2/c11-6-1-2-7(13)5(3-6)4-8-9(15)12-10(14)16-8/h1-4,13H,(H,12,14,15)/b8-4-. The first-order valence-corrected chi connectivity index (χ1v) is 5.90. The summed E-state index contributed by atoms with van der Waals surface area (Å²) in [6, 6.07) is 4.69. The number of hydrogen-bond donors (Lipinski definition) is 2. The molecule has 0 bridgehead atoms. The van der Waals surface area contributed by atoms with E-state index >= 15 is 0 Å². The van der Waals surface area contributed by atoms with Gasteiger partial charge in [-0.2, -0.15) is 0 Å². The van der Waals surface area contributed by atoms with Crippen molar-refractivity contribution in [3.8, 4) is 5.75 Å². The molecule has 6 heteroatoms. The molecule has 1 fully saturated rings. The Kier molecular flexibility index (Phi) is 3.18. The third-order valence-electron chi connectivity index (χ3n) is 1.92. The molecular formula is C10H6ClNO2S2. The number of hydrogen-bond acceptors (Lipinski definition) is 4. The van der Waals surface area contributed by atoms with E-state index in [0.29, 0.717) is 20.5 Å². The lowest BCUT2D eigenvalue weighted by Crippen LogP contribution is -2.15. The van der Waals surface area contributed by atoms with E-state index in [1.165, 1.54) is 6.07 Å². The quantitative estimate of drug-likeness (QED) is 0.608. The Morgan fingerprint density at radius 2 is 2.25 bits per heavy atom. The highest BCUT2D eigenvalue weighted by atomic mass is 35.5. The molecule has 3 nitrogen and oxygen atoms in total. The Morgan fingerprint density at radius 1 is 1.50 bits per heavy atom. The fraction of sp³-hybridized carbons (Fsp3) is 0. The second-order valence-corrected chi connectivity index (χ2v) is 4.91. The summed E-state index contributed by atoms with van der Waals surface area (Å²) in [5, 5.41) is 12.4. The molecule has 1 aromatic rings. The van der Waals surface area contributed by atoms with Crippen LogP contribution >= 0.6 is 35.6 Å². The summed E-state index contributed by atoms with van der Waals surface area (Å²) in [5.41, 5.74) is 0.536. The molecule has 0 aromatic heterocycles. The lowest BCUT2D eigenvalue weighted by atomic mass is 10.2. The lowest BCUT2D eigenvalue weighted by Gasteiger charge is -2.00. The van der Waals surface area contributed by atoms with Crippen molar-refractivity contribution in [1.29, 1.82) is 0 Å². The molecule has 0 radical (unpaired) electrons. The molecule has 0 aliphatic carbocycles. The molecular weight excluding hydrogens is 266 g/mol. The van der Waals surface area contributed by atoms with E-state index in [2.05, 4.69) is 5.32 Å². The molecule has 82 valence electrons. The van der Waals surface area contributed by atoms with E-state index in [1.54, 1.807) is 18.2 Å². The molecule has 0 spiro atoms. The number of halogens is 1. The molecule has 1 aliphatic rings.